The molecule has 0 spiro atoms. The Labute approximate surface area is 188 Å². The Morgan fingerprint density at radius 2 is 1.69 bits per heavy atom. The van der Waals surface area contributed by atoms with Gasteiger partial charge in [0.25, 0.3) is 0 Å². The minimum atomic E-state index is -0.224. The van der Waals surface area contributed by atoms with Gasteiger partial charge in [-0.1, -0.05) is 30.3 Å². The van der Waals surface area contributed by atoms with E-state index in [0.717, 1.165) is 45.2 Å². The van der Waals surface area contributed by atoms with E-state index < -0.39 is 0 Å². The number of rotatable bonds is 7. The minimum Gasteiger partial charge on any atom is -0.497 e. The van der Waals surface area contributed by atoms with Gasteiger partial charge in [0.15, 0.2) is 11.5 Å². The normalized spacial score (nSPS) is 12.8. The summed E-state index contributed by atoms with van der Waals surface area (Å²) in [6, 6.07) is 19.4. The van der Waals surface area contributed by atoms with Gasteiger partial charge in [-0.25, -0.2) is 4.79 Å². The van der Waals surface area contributed by atoms with Crippen LogP contribution in [0.1, 0.15) is 22.3 Å². The van der Waals surface area contributed by atoms with Crippen LogP contribution in [0.3, 0.4) is 0 Å². The van der Waals surface area contributed by atoms with E-state index in [-0.39, 0.29) is 18.9 Å². The standard InChI is InChI=1S/C26H28N2O4/c1-17-5-4-6-23(18(17)2)28-26(29)27-21(13-19-7-10-22(30-3)11-8-19)14-20-9-12-24-25(15-20)32-16-31-24/h4-12,15,21H,13-14,16H2,1-3H3,(H2,27,28,29)/t21-/m0/s1. The summed E-state index contributed by atoms with van der Waals surface area (Å²) in [7, 11) is 1.65. The van der Waals surface area contributed by atoms with E-state index in [2.05, 4.69) is 10.6 Å². The third-order valence-corrected chi connectivity index (χ3v) is 5.75. The SMILES string of the molecule is COc1ccc(C[C@@H](Cc2ccc3c(c2)OCO3)NC(=O)Nc2cccc(C)c2C)cc1. The zero-order valence-corrected chi connectivity index (χ0v) is 18.6. The second kappa shape index (κ2) is 9.64. The molecule has 1 aliphatic heterocycles. The smallest absolute Gasteiger partial charge is 0.319 e. The predicted octanol–water partition coefficient (Wildman–Crippen LogP) is 5.02. The molecule has 2 amide bonds. The number of hydrogen-bond acceptors (Lipinski definition) is 4. The number of ether oxygens (including phenoxy) is 3. The summed E-state index contributed by atoms with van der Waals surface area (Å²) >= 11 is 0. The highest BCUT2D eigenvalue weighted by Gasteiger charge is 2.18. The first-order valence-electron chi connectivity index (χ1n) is 10.7. The number of methoxy groups -OCH3 is 1. The van der Waals surface area contributed by atoms with E-state index in [0.29, 0.717) is 12.8 Å². The number of aryl methyl sites for hydroxylation is 1. The lowest BCUT2D eigenvalue weighted by atomic mass is 9.98. The van der Waals surface area contributed by atoms with Gasteiger partial charge in [0.2, 0.25) is 6.79 Å². The van der Waals surface area contributed by atoms with E-state index in [1.165, 1.54) is 0 Å². The van der Waals surface area contributed by atoms with Crippen LogP contribution in [0.2, 0.25) is 0 Å². The number of urea groups is 1. The summed E-state index contributed by atoms with van der Waals surface area (Å²) in [5.74, 6) is 2.30. The molecule has 0 saturated heterocycles. The number of hydrogen-bond donors (Lipinski definition) is 2. The molecule has 0 aromatic heterocycles. The molecule has 3 aromatic carbocycles. The molecule has 0 fully saturated rings. The molecule has 166 valence electrons. The molecule has 0 radical (unpaired) electrons. The quantitative estimate of drug-likeness (QED) is 0.550. The number of benzene rings is 3. The van der Waals surface area contributed by atoms with Crippen molar-refractivity contribution < 1.29 is 19.0 Å². The summed E-state index contributed by atoms with van der Waals surface area (Å²) < 4.78 is 16.2. The predicted molar refractivity (Wildman–Crippen MR) is 125 cm³/mol. The van der Waals surface area contributed by atoms with Gasteiger partial charge in [0, 0.05) is 11.7 Å². The topological polar surface area (TPSA) is 68.8 Å². The number of carbonyl (C=O) groups excluding carboxylic acids is 1. The van der Waals surface area contributed by atoms with Crippen molar-refractivity contribution in [3.63, 3.8) is 0 Å². The Hall–Kier alpha value is -3.67. The number of nitrogens with one attached hydrogen (secondary N) is 2. The molecule has 1 heterocycles. The second-order valence-electron chi connectivity index (χ2n) is 7.99. The highest BCUT2D eigenvalue weighted by molar-refractivity contribution is 5.90. The zero-order valence-electron chi connectivity index (χ0n) is 18.6. The van der Waals surface area contributed by atoms with Gasteiger partial charge in [-0.05, 0) is 79.3 Å². The van der Waals surface area contributed by atoms with E-state index in [1.54, 1.807) is 7.11 Å². The molecule has 3 aromatic rings. The van der Waals surface area contributed by atoms with Gasteiger partial charge in [-0.2, -0.15) is 0 Å². The molecule has 6 heteroatoms. The fraction of sp³-hybridized carbons (Fsp3) is 0.269. The van der Waals surface area contributed by atoms with Crippen LogP contribution in [0, 0.1) is 13.8 Å². The van der Waals surface area contributed by atoms with E-state index >= 15 is 0 Å². The molecular formula is C26H28N2O4. The maximum atomic E-state index is 12.9. The first kappa shape index (κ1) is 21.6. The Bertz CT molecular complexity index is 1100. The summed E-state index contributed by atoms with van der Waals surface area (Å²) in [6.45, 7) is 4.28. The largest absolute Gasteiger partial charge is 0.497 e. The fourth-order valence-corrected chi connectivity index (χ4v) is 3.80. The van der Waals surface area contributed by atoms with Crippen LogP contribution in [0.5, 0.6) is 17.2 Å². The van der Waals surface area contributed by atoms with Crippen molar-refractivity contribution in [1.29, 1.82) is 0 Å². The van der Waals surface area contributed by atoms with Gasteiger partial charge in [0.05, 0.1) is 7.11 Å². The van der Waals surface area contributed by atoms with Crippen molar-refractivity contribution in [3.05, 3.63) is 82.9 Å². The summed E-state index contributed by atoms with van der Waals surface area (Å²) in [6.07, 6.45) is 1.33. The van der Waals surface area contributed by atoms with Crippen LogP contribution in [0.25, 0.3) is 0 Å². The van der Waals surface area contributed by atoms with E-state index in [1.807, 2.05) is 74.5 Å². The summed E-state index contributed by atoms with van der Waals surface area (Å²) in [5.41, 5.74) is 5.19. The van der Waals surface area contributed by atoms with Crippen molar-refractivity contribution in [1.82, 2.24) is 5.32 Å². The van der Waals surface area contributed by atoms with Crippen LogP contribution < -0.4 is 24.8 Å². The molecule has 0 saturated carbocycles. The Morgan fingerprint density at radius 3 is 2.47 bits per heavy atom. The Balaban J connectivity index is 1.50. The molecule has 1 atom stereocenters. The average molecular weight is 433 g/mol. The number of anilines is 1. The molecule has 0 aliphatic carbocycles. The van der Waals surface area contributed by atoms with Gasteiger partial charge in [-0.15, -0.1) is 0 Å². The Kier molecular flexibility index (Phi) is 6.50. The van der Waals surface area contributed by atoms with Crippen molar-refractivity contribution in [2.24, 2.45) is 0 Å². The van der Waals surface area contributed by atoms with Gasteiger partial charge < -0.3 is 24.8 Å². The molecule has 0 unspecified atom stereocenters. The van der Waals surface area contributed by atoms with Gasteiger partial charge in [0.1, 0.15) is 5.75 Å². The number of fused-ring (bicyclic) bond motifs is 1. The van der Waals surface area contributed by atoms with Crippen LogP contribution in [-0.4, -0.2) is 26.0 Å². The van der Waals surface area contributed by atoms with Gasteiger partial charge in [-0.3, -0.25) is 0 Å². The van der Waals surface area contributed by atoms with Crippen LogP contribution in [0.15, 0.2) is 60.7 Å². The number of carbonyl (C=O) groups is 1. The zero-order chi connectivity index (χ0) is 22.5. The maximum Gasteiger partial charge on any atom is 0.319 e. The van der Waals surface area contributed by atoms with Crippen molar-refractivity contribution in [2.45, 2.75) is 32.7 Å². The molecule has 32 heavy (non-hydrogen) atoms. The third-order valence-electron chi connectivity index (χ3n) is 5.75. The van der Waals surface area contributed by atoms with Crippen molar-refractivity contribution in [2.75, 3.05) is 19.2 Å². The van der Waals surface area contributed by atoms with Crippen LogP contribution in [0.4, 0.5) is 10.5 Å². The Morgan fingerprint density at radius 1 is 0.969 bits per heavy atom. The van der Waals surface area contributed by atoms with Crippen LogP contribution in [-0.2, 0) is 12.8 Å². The van der Waals surface area contributed by atoms with E-state index in [4.69, 9.17) is 14.2 Å². The molecular weight excluding hydrogens is 404 g/mol. The first-order valence-corrected chi connectivity index (χ1v) is 10.7. The lowest BCUT2D eigenvalue weighted by Crippen LogP contribution is -2.40. The van der Waals surface area contributed by atoms with Gasteiger partial charge >= 0.3 is 6.03 Å². The second-order valence-corrected chi connectivity index (χ2v) is 7.99. The fourth-order valence-electron chi connectivity index (χ4n) is 3.80. The molecule has 1 aliphatic rings. The van der Waals surface area contributed by atoms with Crippen LogP contribution >= 0.6 is 0 Å². The van der Waals surface area contributed by atoms with Crippen molar-refractivity contribution in [3.8, 4) is 17.2 Å². The van der Waals surface area contributed by atoms with Crippen molar-refractivity contribution >= 4 is 11.7 Å². The molecule has 6 nitrogen and oxygen atoms in total. The molecule has 0 bridgehead atoms. The highest BCUT2D eigenvalue weighted by atomic mass is 16.7. The summed E-state index contributed by atoms with van der Waals surface area (Å²) in [4.78, 5) is 12.9. The van der Waals surface area contributed by atoms with E-state index in [9.17, 15) is 4.79 Å². The highest BCUT2D eigenvalue weighted by Crippen LogP contribution is 2.33. The minimum absolute atomic E-state index is 0.117. The molecule has 4 rings (SSSR count). The maximum absolute atomic E-state index is 12.9. The lowest BCUT2D eigenvalue weighted by molar-refractivity contribution is 0.174. The monoisotopic (exact) mass is 432 g/mol. The first-order chi connectivity index (χ1) is 15.5. The lowest BCUT2D eigenvalue weighted by Gasteiger charge is -2.21. The third kappa shape index (κ3) is 5.14. The average Bonchev–Trinajstić information content (AvgIpc) is 3.25. The molecule has 2 N–H and O–H groups in total. The number of amides is 2. The summed E-state index contributed by atoms with van der Waals surface area (Å²) in [5, 5.41) is 6.15.